The van der Waals surface area contributed by atoms with Crippen LogP contribution in [0, 0.1) is 23.2 Å². The Morgan fingerprint density at radius 2 is 2.07 bits per heavy atom. The summed E-state index contributed by atoms with van der Waals surface area (Å²) in [6, 6.07) is 12.1. The van der Waals surface area contributed by atoms with Gasteiger partial charge in [-0.3, -0.25) is 0 Å². The van der Waals surface area contributed by atoms with Crippen molar-refractivity contribution in [3.63, 3.8) is 0 Å². The van der Waals surface area contributed by atoms with Crippen molar-refractivity contribution in [3.8, 4) is 17.9 Å². The van der Waals surface area contributed by atoms with Gasteiger partial charge in [0.2, 0.25) is 0 Å². The zero-order chi connectivity index (χ0) is 10.9. The van der Waals surface area contributed by atoms with E-state index < -0.39 is 0 Å². The van der Waals surface area contributed by atoms with E-state index in [-0.39, 0.29) is 5.92 Å². The van der Waals surface area contributed by atoms with Gasteiger partial charge in [-0.1, -0.05) is 36.3 Å². The van der Waals surface area contributed by atoms with E-state index in [0.717, 1.165) is 5.56 Å². The minimum atomic E-state index is -0.0927. The molecule has 76 valence electrons. The van der Waals surface area contributed by atoms with Crippen LogP contribution in [0.15, 0.2) is 30.3 Å². The van der Waals surface area contributed by atoms with Crippen LogP contribution in [0.2, 0.25) is 0 Å². The fourth-order valence-electron chi connectivity index (χ4n) is 1.29. The molecule has 15 heavy (non-hydrogen) atoms. The molecule has 0 amide bonds. The topological polar surface area (TPSA) is 35.8 Å². The highest BCUT2D eigenvalue weighted by Gasteiger charge is 2.08. The van der Waals surface area contributed by atoms with Crippen molar-refractivity contribution in [2.24, 2.45) is 0 Å². The smallest absolute Gasteiger partial charge is 0.0837 e. The van der Waals surface area contributed by atoms with Crippen LogP contribution in [0.5, 0.6) is 0 Å². The van der Waals surface area contributed by atoms with Gasteiger partial charge in [-0.2, -0.15) is 5.26 Å². The molecule has 1 N–H and O–H groups in total. The summed E-state index contributed by atoms with van der Waals surface area (Å²) in [5, 5.41) is 12.1. The van der Waals surface area contributed by atoms with Crippen molar-refractivity contribution >= 4 is 0 Å². The number of nitriles is 1. The number of hydrogen-bond donors (Lipinski definition) is 1. The summed E-state index contributed by atoms with van der Waals surface area (Å²) in [6.07, 6.45) is 0. The largest absolute Gasteiger partial charge is 0.305 e. The molecule has 1 atom stereocenters. The van der Waals surface area contributed by atoms with Gasteiger partial charge in [0.15, 0.2) is 0 Å². The second-order valence-corrected chi connectivity index (χ2v) is 3.15. The molecule has 0 radical (unpaired) electrons. The van der Waals surface area contributed by atoms with Crippen LogP contribution in [-0.2, 0) is 0 Å². The van der Waals surface area contributed by atoms with E-state index in [2.05, 4.69) is 23.2 Å². The molecular formula is C13H14N2. The predicted molar refractivity (Wildman–Crippen MR) is 61.1 cm³/mol. The van der Waals surface area contributed by atoms with Crippen LogP contribution < -0.4 is 5.32 Å². The van der Waals surface area contributed by atoms with Crippen LogP contribution in [-0.4, -0.2) is 13.1 Å². The van der Waals surface area contributed by atoms with E-state index in [4.69, 9.17) is 5.26 Å². The molecular weight excluding hydrogens is 184 g/mol. The van der Waals surface area contributed by atoms with Crippen LogP contribution in [0.3, 0.4) is 0 Å². The summed E-state index contributed by atoms with van der Waals surface area (Å²) in [5.74, 6) is 5.62. The maximum atomic E-state index is 9.01. The third-order valence-corrected chi connectivity index (χ3v) is 2.10. The van der Waals surface area contributed by atoms with E-state index in [0.29, 0.717) is 13.1 Å². The summed E-state index contributed by atoms with van der Waals surface area (Å²) >= 11 is 0. The van der Waals surface area contributed by atoms with Gasteiger partial charge in [-0.25, -0.2) is 0 Å². The van der Waals surface area contributed by atoms with E-state index >= 15 is 0 Å². The third-order valence-electron chi connectivity index (χ3n) is 2.10. The van der Waals surface area contributed by atoms with Crippen LogP contribution >= 0.6 is 0 Å². The van der Waals surface area contributed by atoms with Crippen molar-refractivity contribution < 1.29 is 0 Å². The molecule has 0 aliphatic carbocycles. The monoisotopic (exact) mass is 198 g/mol. The molecule has 1 aromatic rings. The average Bonchev–Trinajstić information content (AvgIpc) is 2.30. The van der Waals surface area contributed by atoms with Gasteiger partial charge < -0.3 is 5.32 Å². The number of hydrogen-bond acceptors (Lipinski definition) is 2. The van der Waals surface area contributed by atoms with Crippen molar-refractivity contribution in [2.75, 3.05) is 13.1 Å². The van der Waals surface area contributed by atoms with Crippen molar-refractivity contribution in [2.45, 2.75) is 12.8 Å². The van der Waals surface area contributed by atoms with E-state index in [1.165, 1.54) is 0 Å². The Morgan fingerprint density at radius 1 is 1.33 bits per heavy atom. The van der Waals surface area contributed by atoms with Crippen molar-refractivity contribution in [1.29, 1.82) is 5.26 Å². The maximum Gasteiger partial charge on any atom is 0.0837 e. The zero-order valence-corrected chi connectivity index (χ0v) is 8.83. The Morgan fingerprint density at radius 3 is 2.67 bits per heavy atom. The highest BCUT2D eigenvalue weighted by atomic mass is 14.8. The summed E-state index contributed by atoms with van der Waals surface area (Å²) < 4.78 is 0. The highest BCUT2D eigenvalue weighted by Crippen LogP contribution is 2.12. The maximum absolute atomic E-state index is 9.01. The van der Waals surface area contributed by atoms with Gasteiger partial charge in [0.05, 0.1) is 18.5 Å². The SMILES string of the molecule is CC#CCNCC(C#N)c1ccccc1. The first-order chi connectivity index (χ1) is 7.38. The van der Waals surface area contributed by atoms with Crippen molar-refractivity contribution in [3.05, 3.63) is 35.9 Å². The second kappa shape index (κ2) is 6.65. The lowest BCUT2D eigenvalue weighted by Crippen LogP contribution is -2.21. The summed E-state index contributed by atoms with van der Waals surface area (Å²) in [6.45, 7) is 3.09. The van der Waals surface area contributed by atoms with E-state index in [9.17, 15) is 0 Å². The van der Waals surface area contributed by atoms with Gasteiger partial charge in [0, 0.05) is 6.54 Å². The molecule has 0 saturated carbocycles. The molecule has 0 fully saturated rings. The lowest BCUT2D eigenvalue weighted by Gasteiger charge is -2.08. The Labute approximate surface area is 90.9 Å². The Balaban J connectivity index is 2.50. The molecule has 0 aromatic heterocycles. The van der Waals surface area contributed by atoms with Crippen molar-refractivity contribution in [1.82, 2.24) is 5.32 Å². The van der Waals surface area contributed by atoms with Gasteiger partial charge in [0.1, 0.15) is 0 Å². The minimum absolute atomic E-state index is 0.0927. The standard InChI is InChI=1S/C13H14N2/c1-2-3-9-15-11-13(10-14)12-7-5-4-6-8-12/h4-8,13,15H,9,11H2,1H3. The highest BCUT2D eigenvalue weighted by molar-refractivity contribution is 5.25. The summed E-state index contributed by atoms with van der Waals surface area (Å²) in [4.78, 5) is 0. The first-order valence-corrected chi connectivity index (χ1v) is 4.93. The summed E-state index contributed by atoms with van der Waals surface area (Å²) in [7, 11) is 0. The minimum Gasteiger partial charge on any atom is -0.305 e. The number of rotatable bonds is 4. The molecule has 0 aliphatic heterocycles. The van der Waals surface area contributed by atoms with Gasteiger partial charge in [0.25, 0.3) is 0 Å². The van der Waals surface area contributed by atoms with Crippen LogP contribution in [0.1, 0.15) is 18.4 Å². The molecule has 0 heterocycles. The first-order valence-electron chi connectivity index (χ1n) is 4.93. The fraction of sp³-hybridized carbons (Fsp3) is 0.308. The average molecular weight is 198 g/mol. The molecule has 2 heteroatoms. The number of benzene rings is 1. The Kier molecular flexibility index (Phi) is 5.01. The Bertz CT molecular complexity index is 378. The van der Waals surface area contributed by atoms with Gasteiger partial charge in [-0.15, -0.1) is 5.92 Å². The zero-order valence-electron chi connectivity index (χ0n) is 8.83. The van der Waals surface area contributed by atoms with E-state index in [1.54, 1.807) is 6.92 Å². The molecule has 1 rings (SSSR count). The van der Waals surface area contributed by atoms with Crippen LogP contribution in [0.4, 0.5) is 0 Å². The second-order valence-electron chi connectivity index (χ2n) is 3.15. The van der Waals surface area contributed by atoms with Gasteiger partial charge >= 0.3 is 0 Å². The molecule has 1 aromatic carbocycles. The van der Waals surface area contributed by atoms with Gasteiger partial charge in [-0.05, 0) is 12.5 Å². The number of nitrogens with zero attached hydrogens (tertiary/aromatic N) is 1. The lowest BCUT2D eigenvalue weighted by molar-refractivity contribution is 0.704. The lowest BCUT2D eigenvalue weighted by atomic mass is 10.0. The molecule has 0 spiro atoms. The molecule has 0 saturated heterocycles. The number of nitrogens with one attached hydrogen (secondary N) is 1. The molecule has 1 unspecified atom stereocenters. The Hall–Kier alpha value is -1.77. The van der Waals surface area contributed by atoms with Crippen LogP contribution in [0.25, 0.3) is 0 Å². The molecule has 0 bridgehead atoms. The first kappa shape index (κ1) is 11.3. The summed E-state index contributed by atoms with van der Waals surface area (Å²) in [5.41, 5.74) is 1.05. The molecule has 0 aliphatic rings. The molecule has 2 nitrogen and oxygen atoms in total. The normalized spacial score (nSPS) is 10.9. The third kappa shape index (κ3) is 3.85. The fourth-order valence-corrected chi connectivity index (χ4v) is 1.29. The van der Waals surface area contributed by atoms with E-state index in [1.807, 2.05) is 30.3 Å². The quantitative estimate of drug-likeness (QED) is 0.592. The predicted octanol–water partition coefficient (Wildman–Crippen LogP) is 1.91.